The summed E-state index contributed by atoms with van der Waals surface area (Å²) in [5, 5.41) is 3.70. The second-order valence-electron chi connectivity index (χ2n) is 5.56. The molecule has 1 heteroatoms. The van der Waals surface area contributed by atoms with Crippen LogP contribution in [0, 0.1) is 12.8 Å². The molecule has 0 saturated heterocycles. The van der Waals surface area contributed by atoms with Gasteiger partial charge in [0, 0.05) is 12.6 Å². The molecule has 1 aliphatic carbocycles. The van der Waals surface area contributed by atoms with E-state index in [2.05, 4.69) is 43.4 Å². The Labute approximate surface area is 106 Å². The minimum Gasteiger partial charge on any atom is -0.310 e. The predicted molar refractivity (Wildman–Crippen MR) is 74.1 cm³/mol. The summed E-state index contributed by atoms with van der Waals surface area (Å²) in [5.41, 5.74) is 2.77. The standard InChI is InChI=1S/C16H25N/c1-13-7-6-8-15(11-13)12-17-14(2)16-9-4-3-5-10-16/h6-8,11,14,16-17H,3-5,9-10,12H2,1-2H3/t14-/m1/s1. The van der Waals surface area contributed by atoms with Gasteiger partial charge in [-0.25, -0.2) is 0 Å². The van der Waals surface area contributed by atoms with Crippen LogP contribution in [0.5, 0.6) is 0 Å². The largest absolute Gasteiger partial charge is 0.310 e. The van der Waals surface area contributed by atoms with Crippen LogP contribution in [-0.4, -0.2) is 6.04 Å². The highest BCUT2D eigenvalue weighted by molar-refractivity contribution is 5.22. The predicted octanol–water partition coefficient (Wildman–Crippen LogP) is 4.05. The highest BCUT2D eigenvalue weighted by Gasteiger charge is 2.19. The Morgan fingerprint density at radius 1 is 1.24 bits per heavy atom. The second-order valence-corrected chi connectivity index (χ2v) is 5.56. The first kappa shape index (κ1) is 12.6. The van der Waals surface area contributed by atoms with Crippen molar-refractivity contribution in [1.29, 1.82) is 0 Å². The van der Waals surface area contributed by atoms with Crippen LogP contribution >= 0.6 is 0 Å². The second kappa shape index (κ2) is 6.20. The highest BCUT2D eigenvalue weighted by Crippen LogP contribution is 2.26. The maximum absolute atomic E-state index is 3.70. The third-order valence-electron chi connectivity index (χ3n) is 4.07. The fourth-order valence-corrected chi connectivity index (χ4v) is 2.90. The van der Waals surface area contributed by atoms with Crippen LogP contribution in [0.1, 0.15) is 50.2 Å². The summed E-state index contributed by atoms with van der Waals surface area (Å²) in [6, 6.07) is 9.47. The molecule has 1 N–H and O–H groups in total. The summed E-state index contributed by atoms with van der Waals surface area (Å²) < 4.78 is 0. The average molecular weight is 231 g/mol. The molecule has 2 rings (SSSR count). The van der Waals surface area contributed by atoms with Gasteiger partial charge < -0.3 is 5.32 Å². The monoisotopic (exact) mass is 231 g/mol. The van der Waals surface area contributed by atoms with E-state index in [0.717, 1.165) is 12.5 Å². The molecular weight excluding hydrogens is 206 g/mol. The Hall–Kier alpha value is -0.820. The molecule has 0 heterocycles. The summed E-state index contributed by atoms with van der Waals surface area (Å²) in [6.07, 6.45) is 7.15. The van der Waals surface area contributed by atoms with Crippen molar-refractivity contribution in [2.45, 2.75) is 58.5 Å². The molecule has 0 spiro atoms. The van der Waals surface area contributed by atoms with Crippen molar-refractivity contribution < 1.29 is 0 Å². The number of benzene rings is 1. The van der Waals surface area contributed by atoms with Crippen molar-refractivity contribution in [1.82, 2.24) is 5.32 Å². The molecular formula is C16H25N. The van der Waals surface area contributed by atoms with E-state index in [4.69, 9.17) is 0 Å². The van der Waals surface area contributed by atoms with Crippen molar-refractivity contribution in [3.05, 3.63) is 35.4 Å². The quantitative estimate of drug-likeness (QED) is 0.824. The Bertz CT molecular complexity index is 339. The van der Waals surface area contributed by atoms with Crippen LogP contribution in [0.3, 0.4) is 0 Å². The summed E-state index contributed by atoms with van der Waals surface area (Å²) in [4.78, 5) is 0. The molecule has 17 heavy (non-hydrogen) atoms. The normalized spacial score (nSPS) is 19.2. The van der Waals surface area contributed by atoms with Gasteiger partial charge in [-0.3, -0.25) is 0 Å². The van der Waals surface area contributed by atoms with Crippen LogP contribution in [0.15, 0.2) is 24.3 Å². The Morgan fingerprint density at radius 2 is 2.00 bits per heavy atom. The maximum atomic E-state index is 3.70. The number of aryl methyl sites for hydroxylation is 1. The lowest BCUT2D eigenvalue weighted by molar-refractivity contribution is 0.280. The molecule has 0 bridgehead atoms. The summed E-state index contributed by atoms with van der Waals surface area (Å²) in [7, 11) is 0. The van der Waals surface area contributed by atoms with Gasteiger partial charge in [0.15, 0.2) is 0 Å². The molecule has 1 nitrogen and oxygen atoms in total. The molecule has 1 aliphatic rings. The first-order chi connectivity index (χ1) is 8.25. The lowest BCUT2D eigenvalue weighted by Gasteiger charge is -2.28. The third kappa shape index (κ3) is 3.85. The Balaban J connectivity index is 1.80. The van der Waals surface area contributed by atoms with Crippen LogP contribution in [-0.2, 0) is 6.54 Å². The Morgan fingerprint density at radius 3 is 2.71 bits per heavy atom. The molecule has 1 saturated carbocycles. The topological polar surface area (TPSA) is 12.0 Å². The fourth-order valence-electron chi connectivity index (χ4n) is 2.90. The molecule has 1 aromatic carbocycles. The van der Waals surface area contributed by atoms with Crippen LogP contribution in [0.25, 0.3) is 0 Å². The molecule has 0 aromatic heterocycles. The van der Waals surface area contributed by atoms with Crippen molar-refractivity contribution in [3.8, 4) is 0 Å². The van der Waals surface area contributed by atoms with Crippen molar-refractivity contribution in [2.24, 2.45) is 5.92 Å². The van der Waals surface area contributed by atoms with Crippen LogP contribution < -0.4 is 5.32 Å². The van der Waals surface area contributed by atoms with E-state index < -0.39 is 0 Å². The summed E-state index contributed by atoms with van der Waals surface area (Å²) in [5.74, 6) is 0.897. The van der Waals surface area contributed by atoms with Gasteiger partial charge in [-0.2, -0.15) is 0 Å². The van der Waals surface area contributed by atoms with Gasteiger partial charge in [0.2, 0.25) is 0 Å². The third-order valence-corrected chi connectivity index (χ3v) is 4.07. The van der Waals surface area contributed by atoms with E-state index in [-0.39, 0.29) is 0 Å². The highest BCUT2D eigenvalue weighted by atomic mass is 14.9. The number of hydrogen-bond acceptors (Lipinski definition) is 1. The molecule has 0 amide bonds. The fraction of sp³-hybridized carbons (Fsp3) is 0.625. The van der Waals surface area contributed by atoms with Crippen molar-refractivity contribution in [2.75, 3.05) is 0 Å². The van der Waals surface area contributed by atoms with Gasteiger partial charge in [0.1, 0.15) is 0 Å². The smallest absolute Gasteiger partial charge is 0.0208 e. The summed E-state index contributed by atoms with van der Waals surface area (Å²) in [6.45, 7) is 5.53. The maximum Gasteiger partial charge on any atom is 0.0208 e. The van der Waals surface area contributed by atoms with E-state index in [1.807, 2.05) is 0 Å². The first-order valence-electron chi connectivity index (χ1n) is 7.04. The van der Waals surface area contributed by atoms with E-state index in [1.54, 1.807) is 0 Å². The van der Waals surface area contributed by atoms with Gasteiger partial charge in [-0.1, -0.05) is 49.1 Å². The number of nitrogens with one attached hydrogen (secondary N) is 1. The molecule has 1 aromatic rings. The van der Waals surface area contributed by atoms with E-state index in [9.17, 15) is 0 Å². The molecule has 1 atom stereocenters. The van der Waals surface area contributed by atoms with Gasteiger partial charge in [-0.05, 0) is 38.2 Å². The first-order valence-corrected chi connectivity index (χ1v) is 7.04. The number of rotatable bonds is 4. The minimum atomic E-state index is 0.663. The zero-order valence-corrected chi connectivity index (χ0v) is 11.2. The van der Waals surface area contributed by atoms with Crippen molar-refractivity contribution >= 4 is 0 Å². The minimum absolute atomic E-state index is 0.663. The summed E-state index contributed by atoms with van der Waals surface area (Å²) >= 11 is 0. The zero-order valence-electron chi connectivity index (χ0n) is 11.2. The van der Waals surface area contributed by atoms with Crippen LogP contribution in [0.4, 0.5) is 0 Å². The Kier molecular flexibility index (Phi) is 4.61. The average Bonchev–Trinajstić information content (AvgIpc) is 2.37. The number of hydrogen-bond donors (Lipinski definition) is 1. The lowest BCUT2D eigenvalue weighted by Crippen LogP contribution is -2.34. The van der Waals surface area contributed by atoms with Crippen molar-refractivity contribution in [3.63, 3.8) is 0 Å². The van der Waals surface area contributed by atoms with Gasteiger partial charge in [0.25, 0.3) is 0 Å². The van der Waals surface area contributed by atoms with E-state index >= 15 is 0 Å². The van der Waals surface area contributed by atoms with E-state index in [0.29, 0.717) is 6.04 Å². The molecule has 0 aliphatic heterocycles. The molecule has 0 radical (unpaired) electrons. The molecule has 1 fully saturated rings. The SMILES string of the molecule is Cc1cccc(CN[C@H](C)C2CCCCC2)c1. The zero-order chi connectivity index (χ0) is 12.1. The molecule has 0 unspecified atom stereocenters. The molecule has 94 valence electrons. The lowest BCUT2D eigenvalue weighted by atomic mass is 9.84. The van der Waals surface area contributed by atoms with Gasteiger partial charge in [0.05, 0.1) is 0 Å². The van der Waals surface area contributed by atoms with E-state index in [1.165, 1.54) is 43.2 Å². The van der Waals surface area contributed by atoms with Gasteiger partial charge >= 0.3 is 0 Å². The van der Waals surface area contributed by atoms with Gasteiger partial charge in [-0.15, -0.1) is 0 Å². The van der Waals surface area contributed by atoms with Crippen LogP contribution in [0.2, 0.25) is 0 Å².